The summed E-state index contributed by atoms with van der Waals surface area (Å²) in [6.45, 7) is 4.95. The highest BCUT2D eigenvalue weighted by Crippen LogP contribution is 2.36. The van der Waals surface area contributed by atoms with Crippen LogP contribution in [0.4, 0.5) is 17.1 Å². The Morgan fingerprint density at radius 2 is 2.32 bits per heavy atom. The SMILES string of the molecule is CC1OCCC1(C)Nc1cc2c(cc1N)CC(=O)N2. The highest BCUT2D eigenvalue weighted by molar-refractivity contribution is 6.00. The second-order valence-electron chi connectivity index (χ2n) is 5.63. The summed E-state index contributed by atoms with van der Waals surface area (Å²) in [4.78, 5) is 11.4. The summed E-state index contributed by atoms with van der Waals surface area (Å²) >= 11 is 0. The molecule has 1 aromatic carbocycles. The first-order valence-electron chi connectivity index (χ1n) is 6.60. The fourth-order valence-electron chi connectivity index (χ4n) is 2.71. The van der Waals surface area contributed by atoms with E-state index in [1.165, 1.54) is 0 Å². The molecule has 0 aliphatic carbocycles. The van der Waals surface area contributed by atoms with Gasteiger partial charge < -0.3 is 21.1 Å². The third-order valence-corrected chi connectivity index (χ3v) is 4.21. The topological polar surface area (TPSA) is 76.4 Å². The highest BCUT2D eigenvalue weighted by atomic mass is 16.5. The van der Waals surface area contributed by atoms with Gasteiger partial charge in [0, 0.05) is 12.3 Å². The van der Waals surface area contributed by atoms with Crippen LogP contribution in [-0.2, 0) is 16.0 Å². The van der Waals surface area contributed by atoms with Gasteiger partial charge in [-0.05, 0) is 38.0 Å². The molecule has 0 aromatic heterocycles. The molecular weight excluding hydrogens is 242 g/mol. The first-order chi connectivity index (χ1) is 8.98. The second-order valence-corrected chi connectivity index (χ2v) is 5.63. The highest BCUT2D eigenvalue weighted by Gasteiger charge is 2.37. The predicted octanol–water partition coefficient (Wildman–Crippen LogP) is 1.74. The molecule has 102 valence electrons. The summed E-state index contributed by atoms with van der Waals surface area (Å²) in [5, 5.41) is 6.33. The Bertz CT molecular complexity index is 544. The van der Waals surface area contributed by atoms with Crippen LogP contribution in [0.5, 0.6) is 0 Å². The number of carbonyl (C=O) groups is 1. The summed E-state index contributed by atoms with van der Waals surface area (Å²) in [7, 11) is 0. The quantitative estimate of drug-likeness (QED) is 0.709. The fourth-order valence-corrected chi connectivity index (χ4v) is 2.71. The van der Waals surface area contributed by atoms with Gasteiger partial charge in [0.25, 0.3) is 0 Å². The molecule has 0 bridgehead atoms. The van der Waals surface area contributed by atoms with Crippen molar-refractivity contribution in [3.8, 4) is 0 Å². The van der Waals surface area contributed by atoms with Gasteiger partial charge in [-0.2, -0.15) is 0 Å². The van der Waals surface area contributed by atoms with Crippen molar-refractivity contribution < 1.29 is 9.53 Å². The smallest absolute Gasteiger partial charge is 0.228 e. The fraction of sp³-hybridized carbons (Fsp3) is 0.500. The number of amides is 1. The number of fused-ring (bicyclic) bond motifs is 1. The van der Waals surface area contributed by atoms with Gasteiger partial charge in [-0.25, -0.2) is 0 Å². The monoisotopic (exact) mass is 261 g/mol. The molecule has 0 spiro atoms. The molecule has 0 saturated carbocycles. The number of nitrogens with one attached hydrogen (secondary N) is 2. The van der Waals surface area contributed by atoms with E-state index in [1.54, 1.807) is 0 Å². The van der Waals surface area contributed by atoms with Crippen LogP contribution >= 0.6 is 0 Å². The van der Waals surface area contributed by atoms with E-state index >= 15 is 0 Å². The Kier molecular flexibility index (Phi) is 2.67. The molecule has 0 radical (unpaired) electrons. The molecule has 19 heavy (non-hydrogen) atoms. The lowest BCUT2D eigenvalue weighted by atomic mass is 9.94. The van der Waals surface area contributed by atoms with Gasteiger partial charge in [0.2, 0.25) is 5.91 Å². The van der Waals surface area contributed by atoms with Gasteiger partial charge in [-0.3, -0.25) is 4.79 Å². The molecule has 1 fully saturated rings. The molecule has 2 aliphatic heterocycles. The van der Waals surface area contributed by atoms with Crippen LogP contribution in [0.1, 0.15) is 25.8 Å². The molecule has 1 aromatic rings. The van der Waals surface area contributed by atoms with Gasteiger partial charge in [0.15, 0.2) is 0 Å². The Labute approximate surface area is 112 Å². The van der Waals surface area contributed by atoms with Crippen LogP contribution < -0.4 is 16.4 Å². The Morgan fingerprint density at radius 1 is 1.53 bits per heavy atom. The van der Waals surface area contributed by atoms with E-state index in [9.17, 15) is 4.79 Å². The van der Waals surface area contributed by atoms with E-state index in [-0.39, 0.29) is 17.6 Å². The summed E-state index contributed by atoms with van der Waals surface area (Å²) < 4.78 is 5.62. The summed E-state index contributed by atoms with van der Waals surface area (Å²) in [5.74, 6) is 0.0235. The van der Waals surface area contributed by atoms with Gasteiger partial charge in [0.1, 0.15) is 0 Å². The number of nitrogen functional groups attached to an aromatic ring is 1. The zero-order valence-corrected chi connectivity index (χ0v) is 11.2. The van der Waals surface area contributed by atoms with Crippen LogP contribution in [0, 0.1) is 0 Å². The van der Waals surface area contributed by atoms with Gasteiger partial charge in [-0.1, -0.05) is 0 Å². The first kappa shape index (κ1) is 12.3. The zero-order chi connectivity index (χ0) is 13.6. The number of nitrogens with two attached hydrogens (primary N) is 1. The normalized spacial score (nSPS) is 29.2. The molecule has 4 N–H and O–H groups in total. The number of anilines is 3. The van der Waals surface area contributed by atoms with Crippen molar-refractivity contribution in [2.24, 2.45) is 0 Å². The molecule has 3 rings (SSSR count). The minimum atomic E-state index is -0.120. The minimum Gasteiger partial charge on any atom is -0.397 e. The molecule has 1 saturated heterocycles. The summed E-state index contributed by atoms with van der Waals surface area (Å²) in [5.41, 5.74) is 9.32. The first-order valence-corrected chi connectivity index (χ1v) is 6.60. The molecule has 2 aliphatic rings. The molecule has 5 nitrogen and oxygen atoms in total. The van der Waals surface area contributed by atoms with E-state index in [0.29, 0.717) is 12.1 Å². The van der Waals surface area contributed by atoms with Crippen molar-refractivity contribution in [1.82, 2.24) is 0 Å². The molecule has 2 heterocycles. The standard InChI is InChI=1S/C14H19N3O2/c1-8-14(2,3-4-19-8)17-12-7-11-9(5-10(12)15)6-13(18)16-11/h5,7-8,17H,3-4,6,15H2,1-2H3,(H,16,18). The van der Waals surface area contributed by atoms with Crippen molar-refractivity contribution in [2.75, 3.05) is 23.0 Å². The van der Waals surface area contributed by atoms with Gasteiger partial charge in [-0.15, -0.1) is 0 Å². The van der Waals surface area contributed by atoms with Crippen molar-refractivity contribution in [3.05, 3.63) is 17.7 Å². The van der Waals surface area contributed by atoms with Crippen LogP contribution in [-0.4, -0.2) is 24.2 Å². The van der Waals surface area contributed by atoms with Crippen LogP contribution in [0.3, 0.4) is 0 Å². The lowest BCUT2D eigenvalue weighted by molar-refractivity contribution is -0.115. The Balaban J connectivity index is 1.90. The van der Waals surface area contributed by atoms with Crippen LogP contribution in [0.25, 0.3) is 0 Å². The minimum absolute atomic E-state index is 0.0235. The zero-order valence-electron chi connectivity index (χ0n) is 11.2. The maximum absolute atomic E-state index is 11.4. The lowest BCUT2D eigenvalue weighted by Crippen LogP contribution is -2.41. The second kappa shape index (κ2) is 4.13. The maximum Gasteiger partial charge on any atom is 0.228 e. The van der Waals surface area contributed by atoms with Crippen molar-refractivity contribution >= 4 is 23.0 Å². The Hall–Kier alpha value is -1.75. The summed E-state index contributed by atoms with van der Waals surface area (Å²) in [6.07, 6.45) is 1.49. The predicted molar refractivity (Wildman–Crippen MR) is 75.2 cm³/mol. The largest absolute Gasteiger partial charge is 0.397 e. The number of rotatable bonds is 2. The van der Waals surface area contributed by atoms with E-state index in [1.807, 2.05) is 12.1 Å². The van der Waals surface area contributed by atoms with Gasteiger partial charge >= 0.3 is 0 Å². The molecule has 1 amide bonds. The maximum atomic E-state index is 11.4. The number of benzene rings is 1. The molecule has 5 heteroatoms. The lowest BCUT2D eigenvalue weighted by Gasteiger charge is -2.31. The number of hydrogen-bond donors (Lipinski definition) is 3. The third kappa shape index (κ3) is 2.04. The molecule has 2 atom stereocenters. The Morgan fingerprint density at radius 3 is 3.00 bits per heavy atom. The average Bonchev–Trinajstić information content (AvgIpc) is 2.83. The van der Waals surface area contributed by atoms with Crippen LogP contribution in [0.15, 0.2) is 12.1 Å². The van der Waals surface area contributed by atoms with E-state index in [0.717, 1.165) is 30.0 Å². The number of carbonyl (C=O) groups excluding carboxylic acids is 1. The molecule has 2 unspecified atom stereocenters. The summed E-state index contributed by atoms with van der Waals surface area (Å²) in [6, 6.07) is 3.80. The van der Waals surface area contributed by atoms with Crippen molar-refractivity contribution in [2.45, 2.75) is 38.3 Å². The van der Waals surface area contributed by atoms with E-state index in [4.69, 9.17) is 10.5 Å². The average molecular weight is 261 g/mol. The van der Waals surface area contributed by atoms with Crippen LogP contribution in [0.2, 0.25) is 0 Å². The van der Waals surface area contributed by atoms with E-state index < -0.39 is 0 Å². The van der Waals surface area contributed by atoms with E-state index in [2.05, 4.69) is 24.5 Å². The third-order valence-electron chi connectivity index (χ3n) is 4.21. The van der Waals surface area contributed by atoms with Gasteiger partial charge in [0.05, 0.1) is 29.4 Å². The molecular formula is C14H19N3O2. The van der Waals surface area contributed by atoms with Crippen molar-refractivity contribution in [3.63, 3.8) is 0 Å². The number of ether oxygens (including phenoxy) is 1. The number of hydrogen-bond acceptors (Lipinski definition) is 4. The van der Waals surface area contributed by atoms with Crippen molar-refractivity contribution in [1.29, 1.82) is 0 Å².